The minimum Gasteiger partial charge on any atom is -0.500 e. The van der Waals surface area contributed by atoms with Crippen LogP contribution in [-0.2, 0) is 14.3 Å². The average Bonchev–Trinajstić information content (AvgIpc) is 2.53. The lowest BCUT2D eigenvalue weighted by Gasteiger charge is -2.06. The predicted molar refractivity (Wildman–Crippen MR) is 77.7 cm³/mol. The predicted octanol–water partition coefficient (Wildman–Crippen LogP) is 1.41. The van der Waals surface area contributed by atoms with Crippen LogP contribution in [0.15, 0.2) is 17.7 Å². The van der Waals surface area contributed by atoms with E-state index in [0.29, 0.717) is 0 Å². The number of carbonyl (C=O) groups is 1. The highest BCUT2D eigenvalue weighted by Gasteiger charge is 2.20. The van der Waals surface area contributed by atoms with E-state index in [1.165, 1.54) is 20.3 Å². The van der Waals surface area contributed by atoms with Gasteiger partial charge in [0.1, 0.15) is 18.2 Å². The topological polar surface area (TPSA) is 132 Å². The molecule has 0 aliphatic carbocycles. The monoisotopic (exact) mass is 322 g/mol. The van der Waals surface area contributed by atoms with Gasteiger partial charge in [0, 0.05) is 13.2 Å². The summed E-state index contributed by atoms with van der Waals surface area (Å²) in [5.74, 6) is -1.69. The number of esters is 1. The standard InChI is InChI=1S/C14H14N2O7/c1-21-3-4-23-14(18)10(8-15)5-9-6-11(16(19)20)13(17)12(7-9)22-2/h5-7,17H,3-4H2,1-2H3/b10-5+. The molecule has 0 fully saturated rings. The number of nitro benzene ring substituents is 1. The first-order valence-electron chi connectivity index (χ1n) is 6.27. The van der Waals surface area contributed by atoms with Crippen LogP contribution in [0.1, 0.15) is 5.56 Å². The zero-order valence-corrected chi connectivity index (χ0v) is 12.4. The van der Waals surface area contributed by atoms with Gasteiger partial charge in [0.15, 0.2) is 5.75 Å². The molecule has 0 bridgehead atoms. The molecule has 0 aliphatic heterocycles. The van der Waals surface area contributed by atoms with Crippen LogP contribution in [-0.4, -0.2) is 43.4 Å². The number of rotatable bonds is 7. The Morgan fingerprint density at radius 2 is 2.13 bits per heavy atom. The lowest BCUT2D eigenvalue weighted by Crippen LogP contribution is -2.11. The van der Waals surface area contributed by atoms with Crippen molar-refractivity contribution in [2.45, 2.75) is 0 Å². The second kappa shape index (κ2) is 8.35. The summed E-state index contributed by atoms with van der Waals surface area (Å²) in [6.07, 6.45) is 1.10. The van der Waals surface area contributed by atoms with Crippen molar-refractivity contribution in [3.63, 3.8) is 0 Å². The first-order chi connectivity index (χ1) is 10.9. The van der Waals surface area contributed by atoms with Crippen molar-refractivity contribution in [1.29, 1.82) is 5.26 Å². The van der Waals surface area contributed by atoms with Gasteiger partial charge in [-0.25, -0.2) is 4.79 Å². The largest absolute Gasteiger partial charge is 0.500 e. The maximum absolute atomic E-state index is 11.7. The third-order valence-electron chi connectivity index (χ3n) is 2.67. The summed E-state index contributed by atoms with van der Waals surface area (Å²) in [7, 11) is 2.65. The van der Waals surface area contributed by atoms with Crippen LogP contribution in [0.3, 0.4) is 0 Å². The highest BCUT2D eigenvalue weighted by atomic mass is 16.6. The fourth-order valence-corrected chi connectivity index (χ4v) is 1.59. The van der Waals surface area contributed by atoms with Crippen LogP contribution in [0.25, 0.3) is 6.08 Å². The smallest absolute Gasteiger partial charge is 0.348 e. The van der Waals surface area contributed by atoms with Gasteiger partial charge in [-0.05, 0) is 17.7 Å². The van der Waals surface area contributed by atoms with Crippen molar-refractivity contribution >= 4 is 17.7 Å². The van der Waals surface area contributed by atoms with Crippen molar-refractivity contribution in [3.05, 3.63) is 33.4 Å². The number of phenolic OH excluding ortho intramolecular Hbond substituents is 1. The van der Waals surface area contributed by atoms with Crippen molar-refractivity contribution in [3.8, 4) is 17.6 Å². The molecule has 0 aliphatic rings. The number of nitriles is 1. The van der Waals surface area contributed by atoms with Crippen molar-refractivity contribution in [2.24, 2.45) is 0 Å². The van der Waals surface area contributed by atoms with Crippen LogP contribution in [0.2, 0.25) is 0 Å². The van der Waals surface area contributed by atoms with E-state index < -0.39 is 22.3 Å². The summed E-state index contributed by atoms with van der Waals surface area (Å²) in [6, 6.07) is 3.91. The Balaban J connectivity index is 3.18. The normalized spacial score (nSPS) is 10.7. The summed E-state index contributed by atoms with van der Waals surface area (Å²) in [4.78, 5) is 21.8. The van der Waals surface area contributed by atoms with Crippen molar-refractivity contribution in [2.75, 3.05) is 27.4 Å². The second-order valence-corrected chi connectivity index (χ2v) is 4.15. The van der Waals surface area contributed by atoms with Crippen LogP contribution in [0.4, 0.5) is 5.69 Å². The van der Waals surface area contributed by atoms with Crippen molar-refractivity contribution in [1.82, 2.24) is 0 Å². The number of aromatic hydroxyl groups is 1. The maximum atomic E-state index is 11.7. The molecule has 1 aromatic carbocycles. The van der Waals surface area contributed by atoms with Gasteiger partial charge in [-0.2, -0.15) is 5.26 Å². The van der Waals surface area contributed by atoms with Crippen molar-refractivity contribution < 1.29 is 29.0 Å². The number of benzene rings is 1. The van der Waals surface area contributed by atoms with Gasteiger partial charge in [0.2, 0.25) is 5.75 Å². The number of hydrogen-bond acceptors (Lipinski definition) is 8. The molecule has 9 heteroatoms. The molecule has 0 saturated heterocycles. The highest BCUT2D eigenvalue weighted by Crippen LogP contribution is 2.37. The molecule has 0 atom stereocenters. The fraction of sp³-hybridized carbons (Fsp3) is 0.286. The molecule has 0 aromatic heterocycles. The van der Waals surface area contributed by atoms with Crippen LogP contribution < -0.4 is 4.74 Å². The third-order valence-corrected chi connectivity index (χ3v) is 2.67. The molecule has 1 aromatic rings. The Labute approximate surface area is 131 Å². The fourth-order valence-electron chi connectivity index (χ4n) is 1.59. The SMILES string of the molecule is COCCOC(=O)/C(C#N)=C/c1cc(OC)c(O)c([N+](=O)[O-])c1. The van der Waals surface area contributed by atoms with Crippen LogP contribution >= 0.6 is 0 Å². The van der Waals surface area contributed by atoms with Crippen LogP contribution in [0, 0.1) is 21.4 Å². The Hall–Kier alpha value is -3.12. The lowest BCUT2D eigenvalue weighted by molar-refractivity contribution is -0.386. The first kappa shape index (κ1) is 17.9. The van der Waals surface area contributed by atoms with E-state index in [2.05, 4.69) is 0 Å². The number of ether oxygens (including phenoxy) is 3. The number of nitrogens with zero attached hydrogens (tertiary/aromatic N) is 2. The van der Waals surface area contributed by atoms with Gasteiger partial charge < -0.3 is 19.3 Å². The average molecular weight is 322 g/mol. The molecule has 9 nitrogen and oxygen atoms in total. The molecule has 1 rings (SSSR count). The zero-order valence-electron chi connectivity index (χ0n) is 12.4. The van der Waals surface area contributed by atoms with E-state index in [9.17, 15) is 20.0 Å². The molecule has 0 heterocycles. The minimum absolute atomic E-state index is 0.0343. The number of phenols is 1. The summed E-state index contributed by atoms with van der Waals surface area (Å²) in [5.41, 5.74) is -0.838. The van der Waals surface area contributed by atoms with E-state index >= 15 is 0 Å². The van der Waals surface area contributed by atoms with E-state index in [4.69, 9.17) is 19.5 Å². The molecule has 0 unspecified atom stereocenters. The van der Waals surface area contributed by atoms with Gasteiger partial charge in [-0.15, -0.1) is 0 Å². The van der Waals surface area contributed by atoms with Gasteiger partial charge >= 0.3 is 11.7 Å². The molecule has 0 spiro atoms. The van der Waals surface area contributed by atoms with E-state index in [1.54, 1.807) is 6.07 Å². The second-order valence-electron chi connectivity index (χ2n) is 4.15. The Bertz CT molecular complexity index is 676. The van der Waals surface area contributed by atoms with Gasteiger partial charge in [-0.1, -0.05) is 0 Å². The van der Waals surface area contributed by atoms with E-state index in [-0.39, 0.29) is 30.1 Å². The number of methoxy groups -OCH3 is 2. The van der Waals surface area contributed by atoms with E-state index in [1.807, 2.05) is 0 Å². The number of hydrogen-bond donors (Lipinski definition) is 1. The molecular formula is C14H14N2O7. The number of nitro groups is 1. The molecule has 23 heavy (non-hydrogen) atoms. The summed E-state index contributed by atoms with van der Waals surface area (Å²) in [6.45, 7) is 0.135. The molecule has 0 saturated carbocycles. The molecular weight excluding hydrogens is 308 g/mol. The Kier molecular flexibility index (Phi) is 6.51. The minimum atomic E-state index is -0.890. The third kappa shape index (κ3) is 4.69. The highest BCUT2D eigenvalue weighted by molar-refractivity contribution is 5.98. The maximum Gasteiger partial charge on any atom is 0.348 e. The van der Waals surface area contributed by atoms with E-state index in [0.717, 1.165) is 12.1 Å². The molecule has 0 amide bonds. The van der Waals surface area contributed by atoms with Gasteiger partial charge in [0.25, 0.3) is 0 Å². The first-order valence-corrected chi connectivity index (χ1v) is 6.27. The Morgan fingerprint density at radius 3 is 2.65 bits per heavy atom. The Morgan fingerprint density at radius 1 is 1.43 bits per heavy atom. The summed E-state index contributed by atoms with van der Waals surface area (Å²) in [5, 5.41) is 29.6. The zero-order chi connectivity index (χ0) is 17.4. The molecule has 0 radical (unpaired) electrons. The molecule has 122 valence electrons. The van der Waals surface area contributed by atoms with Gasteiger partial charge in [-0.3, -0.25) is 10.1 Å². The van der Waals surface area contributed by atoms with Gasteiger partial charge in [0.05, 0.1) is 18.6 Å². The summed E-state index contributed by atoms with van der Waals surface area (Å²) >= 11 is 0. The lowest BCUT2D eigenvalue weighted by atomic mass is 10.1. The quantitative estimate of drug-likeness (QED) is 0.199. The summed E-state index contributed by atoms with van der Waals surface area (Å²) < 4.78 is 14.3. The van der Waals surface area contributed by atoms with Crippen LogP contribution in [0.5, 0.6) is 11.5 Å². The number of carbonyl (C=O) groups excluding carboxylic acids is 1. The molecule has 1 N–H and O–H groups in total.